The van der Waals surface area contributed by atoms with E-state index in [4.69, 9.17) is 0 Å². The van der Waals surface area contributed by atoms with Gasteiger partial charge < -0.3 is 5.32 Å². The highest BCUT2D eigenvalue weighted by Gasteiger charge is 2.28. The average Bonchev–Trinajstić information content (AvgIpc) is 2.00. The first kappa shape index (κ1) is 14.2. The Labute approximate surface area is 86.1 Å². The summed E-state index contributed by atoms with van der Waals surface area (Å²) in [7, 11) is 0. The second kappa shape index (κ2) is 5.92. The van der Waals surface area contributed by atoms with Gasteiger partial charge in [0, 0.05) is 6.04 Å². The molecule has 0 heterocycles. The van der Waals surface area contributed by atoms with E-state index in [1.54, 1.807) is 13.8 Å². The molecule has 90 valence electrons. The molecule has 0 aliphatic heterocycles. The van der Waals surface area contributed by atoms with Gasteiger partial charge in [-0.2, -0.15) is 18.7 Å². The largest absolute Gasteiger partial charge is 0.413 e. The normalized spacial score (nSPS) is 14.1. The highest BCUT2D eigenvalue weighted by molar-refractivity contribution is 5.81. The summed E-state index contributed by atoms with van der Waals surface area (Å²) in [6, 6.07) is -0.890. The van der Waals surface area contributed by atoms with Crippen LogP contribution in [-0.2, 0) is 9.63 Å². The molecule has 1 atom stereocenters. The maximum Gasteiger partial charge on any atom is 0.413 e. The van der Waals surface area contributed by atoms with Crippen LogP contribution >= 0.6 is 0 Å². The number of hydrogen-bond acceptors (Lipinski definition) is 3. The first-order valence-electron chi connectivity index (χ1n) is 4.47. The lowest BCUT2D eigenvalue weighted by molar-refractivity contribution is -0.193. The summed E-state index contributed by atoms with van der Waals surface area (Å²) in [6.07, 6.45) is -4.40. The minimum Gasteiger partial charge on any atom is -0.353 e. The molecular formula is C8H15F3N2O2. The predicted molar refractivity (Wildman–Crippen MR) is 47.9 cm³/mol. The number of carbonyl (C=O) groups is 1. The summed E-state index contributed by atoms with van der Waals surface area (Å²) in [5.41, 5.74) is 2.01. The van der Waals surface area contributed by atoms with Crippen LogP contribution in [0.3, 0.4) is 0 Å². The third kappa shape index (κ3) is 8.19. The number of halogens is 3. The number of nitrogens with one attached hydrogen (secondary N) is 2. The number of amides is 1. The predicted octanol–water partition coefficient (Wildman–Crippen LogP) is 0.983. The fraction of sp³-hybridized carbons (Fsp3) is 0.875. The third-order valence-corrected chi connectivity index (χ3v) is 1.32. The lowest BCUT2D eigenvalue weighted by Crippen LogP contribution is -2.45. The van der Waals surface area contributed by atoms with Crippen molar-refractivity contribution in [2.75, 3.05) is 6.61 Å². The first-order valence-corrected chi connectivity index (χ1v) is 4.47. The zero-order valence-electron chi connectivity index (χ0n) is 8.81. The van der Waals surface area contributed by atoms with Crippen molar-refractivity contribution in [1.82, 2.24) is 10.8 Å². The Balaban J connectivity index is 3.74. The molecule has 4 nitrogen and oxygen atoms in total. The Morgan fingerprint density at radius 3 is 2.27 bits per heavy atom. The van der Waals surface area contributed by atoms with Gasteiger partial charge in [0.1, 0.15) is 6.04 Å². The fourth-order valence-electron chi connectivity index (χ4n) is 0.712. The van der Waals surface area contributed by atoms with E-state index in [1.165, 1.54) is 6.92 Å². The van der Waals surface area contributed by atoms with Crippen molar-refractivity contribution < 1.29 is 22.8 Å². The van der Waals surface area contributed by atoms with Crippen LogP contribution in [0.2, 0.25) is 0 Å². The Morgan fingerprint density at radius 2 is 1.87 bits per heavy atom. The summed E-state index contributed by atoms with van der Waals surface area (Å²) >= 11 is 0. The molecule has 0 radical (unpaired) electrons. The SMILES string of the molecule is CC(C)NC(=O)C(C)NOCC(F)(F)F. The van der Waals surface area contributed by atoms with E-state index in [0.29, 0.717) is 0 Å². The van der Waals surface area contributed by atoms with Crippen molar-refractivity contribution in [1.29, 1.82) is 0 Å². The third-order valence-electron chi connectivity index (χ3n) is 1.32. The highest BCUT2D eigenvalue weighted by atomic mass is 19.4. The lowest BCUT2D eigenvalue weighted by Gasteiger charge is -2.16. The van der Waals surface area contributed by atoms with E-state index in [-0.39, 0.29) is 6.04 Å². The van der Waals surface area contributed by atoms with Crippen molar-refractivity contribution in [3.63, 3.8) is 0 Å². The van der Waals surface area contributed by atoms with E-state index < -0.39 is 24.7 Å². The maximum absolute atomic E-state index is 11.7. The van der Waals surface area contributed by atoms with E-state index in [0.717, 1.165) is 0 Å². The minimum atomic E-state index is -4.40. The van der Waals surface area contributed by atoms with Crippen LogP contribution in [0.25, 0.3) is 0 Å². The molecule has 7 heteroatoms. The topological polar surface area (TPSA) is 50.4 Å². The van der Waals surface area contributed by atoms with Gasteiger partial charge >= 0.3 is 6.18 Å². The molecule has 0 aromatic heterocycles. The van der Waals surface area contributed by atoms with E-state index in [2.05, 4.69) is 10.2 Å². The van der Waals surface area contributed by atoms with Crippen molar-refractivity contribution in [2.45, 2.75) is 39.0 Å². The molecule has 0 aliphatic rings. The quantitative estimate of drug-likeness (QED) is 0.690. The van der Waals surface area contributed by atoms with Crippen LogP contribution in [-0.4, -0.2) is 30.8 Å². The molecule has 1 unspecified atom stereocenters. The number of rotatable bonds is 5. The van der Waals surface area contributed by atoms with E-state index in [1.807, 2.05) is 5.48 Å². The number of carbonyl (C=O) groups excluding carboxylic acids is 1. The summed E-state index contributed by atoms with van der Waals surface area (Å²) in [4.78, 5) is 15.3. The van der Waals surface area contributed by atoms with Gasteiger partial charge in [0.15, 0.2) is 6.61 Å². The number of hydrogen-bond donors (Lipinski definition) is 2. The van der Waals surface area contributed by atoms with E-state index >= 15 is 0 Å². The lowest BCUT2D eigenvalue weighted by atomic mass is 10.3. The molecule has 0 aromatic rings. The van der Waals surface area contributed by atoms with Crippen LogP contribution in [0.1, 0.15) is 20.8 Å². The summed E-state index contributed by atoms with van der Waals surface area (Å²) in [5.74, 6) is -0.410. The Kier molecular flexibility index (Phi) is 5.59. The Hall–Kier alpha value is -0.820. The summed E-state index contributed by atoms with van der Waals surface area (Å²) in [6.45, 7) is 3.49. The van der Waals surface area contributed by atoms with Crippen molar-refractivity contribution in [3.05, 3.63) is 0 Å². The summed E-state index contributed by atoms with van der Waals surface area (Å²) in [5, 5.41) is 2.53. The molecule has 0 saturated heterocycles. The van der Waals surface area contributed by atoms with Gasteiger partial charge in [-0.15, -0.1) is 0 Å². The second-order valence-corrected chi connectivity index (χ2v) is 3.41. The van der Waals surface area contributed by atoms with Crippen LogP contribution in [0, 0.1) is 0 Å². The first-order chi connectivity index (χ1) is 6.72. The van der Waals surface area contributed by atoms with Crippen LogP contribution < -0.4 is 10.8 Å². The van der Waals surface area contributed by atoms with Crippen LogP contribution in [0.15, 0.2) is 0 Å². The molecule has 0 rings (SSSR count). The average molecular weight is 228 g/mol. The van der Waals surface area contributed by atoms with Gasteiger partial charge in [-0.3, -0.25) is 9.63 Å². The van der Waals surface area contributed by atoms with Crippen LogP contribution in [0.4, 0.5) is 13.2 Å². The monoisotopic (exact) mass is 228 g/mol. The fourth-order valence-corrected chi connectivity index (χ4v) is 0.712. The van der Waals surface area contributed by atoms with Crippen molar-refractivity contribution in [3.8, 4) is 0 Å². The van der Waals surface area contributed by atoms with Gasteiger partial charge in [0.2, 0.25) is 5.91 Å². The maximum atomic E-state index is 11.7. The molecule has 0 saturated carbocycles. The van der Waals surface area contributed by atoms with Crippen LogP contribution in [0.5, 0.6) is 0 Å². The Morgan fingerprint density at radius 1 is 1.33 bits per heavy atom. The second-order valence-electron chi connectivity index (χ2n) is 3.41. The molecule has 0 aromatic carbocycles. The molecule has 0 aliphatic carbocycles. The molecule has 15 heavy (non-hydrogen) atoms. The molecular weight excluding hydrogens is 213 g/mol. The van der Waals surface area contributed by atoms with Gasteiger partial charge in [0.25, 0.3) is 0 Å². The molecule has 0 spiro atoms. The summed E-state index contributed by atoms with van der Waals surface area (Å²) < 4.78 is 35.0. The zero-order chi connectivity index (χ0) is 12.1. The molecule has 0 fully saturated rings. The van der Waals surface area contributed by atoms with Gasteiger partial charge in [-0.25, -0.2) is 0 Å². The van der Waals surface area contributed by atoms with Gasteiger partial charge in [-0.05, 0) is 20.8 Å². The number of alkyl halides is 3. The van der Waals surface area contributed by atoms with Crippen molar-refractivity contribution >= 4 is 5.91 Å². The number of hydroxylamine groups is 1. The standard InChI is InChI=1S/C8H15F3N2O2/c1-5(2)12-7(14)6(3)13-15-4-8(9,10)11/h5-6,13H,4H2,1-3H3,(H,12,14). The highest BCUT2D eigenvalue weighted by Crippen LogP contribution is 2.13. The smallest absolute Gasteiger partial charge is 0.353 e. The minimum absolute atomic E-state index is 0.0654. The molecule has 1 amide bonds. The molecule has 0 bridgehead atoms. The Bertz CT molecular complexity index is 207. The van der Waals surface area contributed by atoms with Gasteiger partial charge in [0.05, 0.1) is 0 Å². The zero-order valence-corrected chi connectivity index (χ0v) is 8.81. The van der Waals surface area contributed by atoms with E-state index in [9.17, 15) is 18.0 Å². The van der Waals surface area contributed by atoms with Gasteiger partial charge in [-0.1, -0.05) is 0 Å². The van der Waals surface area contributed by atoms with Crippen molar-refractivity contribution in [2.24, 2.45) is 0 Å². The molecule has 2 N–H and O–H groups in total.